The molecule has 3 heteroatoms. The predicted molar refractivity (Wildman–Crippen MR) is 77.2 cm³/mol. The summed E-state index contributed by atoms with van der Waals surface area (Å²) >= 11 is 0. The first-order chi connectivity index (χ1) is 9.12. The molecule has 0 spiro atoms. The summed E-state index contributed by atoms with van der Waals surface area (Å²) in [4.78, 5) is 12.3. The van der Waals surface area contributed by atoms with E-state index in [1.807, 2.05) is 12.1 Å². The van der Waals surface area contributed by atoms with Gasteiger partial charge in [0.2, 0.25) is 0 Å². The SMILES string of the molecule is CCC1CCCC1(Nc1cccc(C)c1)C(=O)OC. The zero-order chi connectivity index (χ0) is 13.9. The normalized spacial score (nSPS) is 26.2. The van der Waals surface area contributed by atoms with Gasteiger partial charge in [0.05, 0.1) is 7.11 Å². The van der Waals surface area contributed by atoms with E-state index in [4.69, 9.17) is 4.74 Å². The number of anilines is 1. The summed E-state index contributed by atoms with van der Waals surface area (Å²) in [6, 6.07) is 8.17. The lowest BCUT2D eigenvalue weighted by atomic mass is 9.84. The third-order valence-electron chi connectivity index (χ3n) is 4.25. The van der Waals surface area contributed by atoms with E-state index in [0.717, 1.165) is 31.4 Å². The number of carbonyl (C=O) groups is 1. The molecule has 104 valence electrons. The number of nitrogens with one attached hydrogen (secondary N) is 1. The Balaban J connectivity index is 2.31. The molecule has 0 amide bonds. The molecular formula is C16H23NO2. The van der Waals surface area contributed by atoms with Crippen LogP contribution in [0.2, 0.25) is 0 Å². The molecule has 2 atom stereocenters. The number of methoxy groups -OCH3 is 1. The lowest BCUT2D eigenvalue weighted by Gasteiger charge is -2.34. The fourth-order valence-corrected chi connectivity index (χ4v) is 3.28. The van der Waals surface area contributed by atoms with Crippen LogP contribution in [0, 0.1) is 12.8 Å². The van der Waals surface area contributed by atoms with Crippen molar-refractivity contribution in [2.24, 2.45) is 5.92 Å². The van der Waals surface area contributed by atoms with Gasteiger partial charge in [-0.25, -0.2) is 4.79 Å². The van der Waals surface area contributed by atoms with Crippen LogP contribution >= 0.6 is 0 Å². The smallest absolute Gasteiger partial charge is 0.331 e. The van der Waals surface area contributed by atoms with Gasteiger partial charge in [-0.05, 0) is 43.4 Å². The van der Waals surface area contributed by atoms with E-state index < -0.39 is 5.54 Å². The molecule has 1 aromatic rings. The first-order valence-electron chi connectivity index (χ1n) is 7.05. The van der Waals surface area contributed by atoms with Gasteiger partial charge in [0.15, 0.2) is 0 Å². The summed E-state index contributed by atoms with van der Waals surface area (Å²) in [5, 5.41) is 3.47. The molecule has 19 heavy (non-hydrogen) atoms. The molecule has 1 aromatic carbocycles. The van der Waals surface area contributed by atoms with Gasteiger partial charge in [0.25, 0.3) is 0 Å². The molecule has 2 unspecified atom stereocenters. The van der Waals surface area contributed by atoms with E-state index in [1.54, 1.807) is 0 Å². The Morgan fingerprint density at radius 1 is 1.53 bits per heavy atom. The quantitative estimate of drug-likeness (QED) is 0.843. The Bertz CT molecular complexity index is 458. The van der Waals surface area contributed by atoms with E-state index >= 15 is 0 Å². The second-order valence-electron chi connectivity index (χ2n) is 5.45. The molecule has 1 saturated carbocycles. The van der Waals surface area contributed by atoms with Crippen molar-refractivity contribution in [3.05, 3.63) is 29.8 Å². The zero-order valence-electron chi connectivity index (χ0n) is 12.0. The number of ether oxygens (including phenoxy) is 1. The van der Waals surface area contributed by atoms with Crippen molar-refractivity contribution in [2.75, 3.05) is 12.4 Å². The van der Waals surface area contributed by atoms with Crippen LogP contribution in [0.3, 0.4) is 0 Å². The van der Waals surface area contributed by atoms with Crippen LogP contribution < -0.4 is 5.32 Å². The van der Waals surface area contributed by atoms with Gasteiger partial charge in [0.1, 0.15) is 5.54 Å². The van der Waals surface area contributed by atoms with Gasteiger partial charge in [-0.1, -0.05) is 31.9 Å². The number of hydrogen-bond donors (Lipinski definition) is 1. The van der Waals surface area contributed by atoms with Gasteiger partial charge in [-0.2, -0.15) is 0 Å². The minimum Gasteiger partial charge on any atom is -0.467 e. The standard InChI is InChI=1S/C16H23NO2/c1-4-13-8-6-10-16(13,15(18)19-3)17-14-9-5-7-12(2)11-14/h5,7,9,11,13,17H,4,6,8,10H2,1-3H3. The number of carbonyl (C=O) groups excluding carboxylic acids is 1. The van der Waals surface area contributed by atoms with E-state index in [9.17, 15) is 4.79 Å². The number of esters is 1. The molecule has 0 radical (unpaired) electrons. The highest BCUT2D eigenvalue weighted by atomic mass is 16.5. The number of rotatable bonds is 4. The van der Waals surface area contributed by atoms with Crippen molar-refractivity contribution in [3.8, 4) is 0 Å². The third-order valence-corrected chi connectivity index (χ3v) is 4.25. The van der Waals surface area contributed by atoms with Crippen LogP contribution in [0.5, 0.6) is 0 Å². The maximum absolute atomic E-state index is 12.3. The Hall–Kier alpha value is -1.51. The van der Waals surface area contributed by atoms with Crippen molar-refractivity contribution in [1.82, 2.24) is 0 Å². The molecule has 0 aliphatic heterocycles. The van der Waals surface area contributed by atoms with Crippen LogP contribution in [0.15, 0.2) is 24.3 Å². The van der Waals surface area contributed by atoms with Crippen molar-refractivity contribution < 1.29 is 9.53 Å². The van der Waals surface area contributed by atoms with Gasteiger partial charge in [0, 0.05) is 5.69 Å². The Morgan fingerprint density at radius 2 is 2.32 bits per heavy atom. The van der Waals surface area contributed by atoms with E-state index in [-0.39, 0.29) is 5.97 Å². The average Bonchev–Trinajstić information content (AvgIpc) is 2.81. The first kappa shape index (κ1) is 13.9. The highest BCUT2D eigenvalue weighted by molar-refractivity contribution is 5.85. The molecule has 1 aliphatic rings. The topological polar surface area (TPSA) is 38.3 Å². The second-order valence-corrected chi connectivity index (χ2v) is 5.45. The Morgan fingerprint density at radius 3 is 2.95 bits per heavy atom. The summed E-state index contributed by atoms with van der Waals surface area (Å²) < 4.78 is 5.07. The van der Waals surface area contributed by atoms with E-state index in [1.165, 1.54) is 12.7 Å². The van der Waals surface area contributed by atoms with Crippen molar-refractivity contribution in [2.45, 2.75) is 45.1 Å². The lowest BCUT2D eigenvalue weighted by molar-refractivity contribution is -0.147. The molecule has 1 fully saturated rings. The summed E-state index contributed by atoms with van der Waals surface area (Å²) in [5.41, 5.74) is 1.65. The van der Waals surface area contributed by atoms with Crippen molar-refractivity contribution in [1.29, 1.82) is 0 Å². The summed E-state index contributed by atoms with van der Waals surface area (Å²) in [5.74, 6) is 0.221. The van der Waals surface area contributed by atoms with Crippen LogP contribution in [0.4, 0.5) is 5.69 Å². The predicted octanol–water partition coefficient (Wildman–Crippen LogP) is 3.53. The molecule has 1 aliphatic carbocycles. The third kappa shape index (κ3) is 2.60. The largest absolute Gasteiger partial charge is 0.467 e. The average molecular weight is 261 g/mol. The molecule has 0 heterocycles. The lowest BCUT2D eigenvalue weighted by Crippen LogP contribution is -2.50. The van der Waals surface area contributed by atoms with Crippen LogP contribution in [0.1, 0.15) is 38.2 Å². The fourth-order valence-electron chi connectivity index (χ4n) is 3.28. The first-order valence-corrected chi connectivity index (χ1v) is 7.05. The van der Waals surface area contributed by atoms with Crippen LogP contribution in [-0.2, 0) is 9.53 Å². The summed E-state index contributed by atoms with van der Waals surface area (Å²) in [6.45, 7) is 4.20. The molecule has 0 aromatic heterocycles. The number of aryl methyl sites for hydroxylation is 1. The maximum atomic E-state index is 12.3. The number of hydrogen-bond acceptors (Lipinski definition) is 3. The fraction of sp³-hybridized carbons (Fsp3) is 0.562. The van der Waals surface area contributed by atoms with E-state index in [0.29, 0.717) is 5.92 Å². The van der Waals surface area contributed by atoms with Gasteiger partial charge in [-0.3, -0.25) is 0 Å². The Kier molecular flexibility index (Phi) is 4.13. The molecular weight excluding hydrogens is 238 g/mol. The maximum Gasteiger partial charge on any atom is 0.331 e. The summed E-state index contributed by atoms with van der Waals surface area (Å²) in [7, 11) is 1.48. The van der Waals surface area contributed by atoms with Gasteiger partial charge >= 0.3 is 5.97 Å². The van der Waals surface area contributed by atoms with E-state index in [2.05, 4.69) is 31.3 Å². The minimum absolute atomic E-state index is 0.127. The van der Waals surface area contributed by atoms with Crippen LogP contribution in [-0.4, -0.2) is 18.6 Å². The van der Waals surface area contributed by atoms with Gasteiger partial charge < -0.3 is 10.1 Å². The molecule has 3 nitrogen and oxygen atoms in total. The monoisotopic (exact) mass is 261 g/mol. The highest BCUT2D eigenvalue weighted by Gasteiger charge is 2.49. The van der Waals surface area contributed by atoms with Crippen molar-refractivity contribution in [3.63, 3.8) is 0 Å². The number of benzene rings is 1. The second kappa shape index (κ2) is 5.64. The highest BCUT2D eigenvalue weighted by Crippen LogP contribution is 2.41. The molecule has 2 rings (SSSR count). The zero-order valence-corrected chi connectivity index (χ0v) is 12.0. The summed E-state index contributed by atoms with van der Waals surface area (Å²) in [6.07, 6.45) is 4.01. The van der Waals surface area contributed by atoms with Crippen molar-refractivity contribution >= 4 is 11.7 Å². The van der Waals surface area contributed by atoms with Gasteiger partial charge in [-0.15, -0.1) is 0 Å². The molecule has 0 saturated heterocycles. The Labute approximate surface area is 115 Å². The van der Waals surface area contributed by atoms with Crippen LogP contribution in [0.25, 0.3) is 0 Å². The molecule has 1 N–H and O–H groups in total. The molecule has 0 bridgehead atoms. The minimum atomic E-state index is -0.544.